The fraction of sp³-hybridized carbons (Fsp3) is 0.562. The van der Waals surface area contributed by atoms with Gasteiger partial charge >= 0.3 is 6.18 Å². The first-order valence-corrected chi connectivity index (χ1v) is 8.67. The van der Waals surface area contributed by atoms with E-state index in [2.05, 4.69) is 0 Å². The molecular weight excluding hydrogens is 313 g/mol. The van der Waals surface area contributed by atoms with Gasteiger partial charge in [0, 0.05) is 32.8 Å². The van der Waals surface area contributed by atoms with Crippen molar-refractivity contribution in [2.45, 2.75) is 49.3 Å². The Labute approximate surface area is 129 Å². The van der Waals surface area contributed by atoms with Gasteiger partial charge in [-0.15, -0.1) is 0 Å². The van der Waals surface area contributed by atoms with Crippen molar-refractivity contribution in [3.05, 3.63) is 34.9 Å². The molecule has 2 saturated heterocycles. The third-order valence-corrected chi connectivity index (χ3v) is 7.01. The molecule has 0 spiro atoms. The van der Waals surface area contributed by atoms with Crippen LogP contribution in [0.3, 0.4) is 0 Å². The molecule has 120 valence electrons. The molecule has 0 radical (unpaired) electrons. The molecule has 1 aromatic carbocycles. The maximum absolute atomic E-state index is 13.0. The molecule has 0 saturated carbocycles. The Hall–Kier alpha value is -1.17. The van der Waals surface area contributed by atoms with Crippen molar-refractivity contribution in [3.8, 4) is 0 Å². The second-order valence-electron chi connectivity index (χ2n) is 6.16. The molecule has 2 aliphatic heterocycles. The molecule has 0 aromatic heterocycles. The van der Waals surface area contributed by atoms with Crippen LogP contribution in [0.2, 0.25) is 0 Å². The lowest BCUT2D eigenvalue weighted by molar-refractivity contribution is -0.138. The highest BCUT2D eigenvalue weighted by Gasteiger charge is 2.43. The van der Waals surface area contributed by atoms with Crippen molar-refractivity contribution in [1.82, 2.24) is 0 Å². The Morgan fingerprint density at radius 1 is 1.18 bits per heavy atom. The smallest absolute Gasteiger partial charge is 0.294 e. The summed E-state index contributed by atoms with van der Waals surface area (Å²) in [4.78, 5) is 12.7. The minimum Gasteiger partial charge on any atom is -0.294 e. The molecule has 2 fully saturated rings. The topological polar surface area (TPSA) is 34.1 Å². The summed E-state index contributed by atoms with van der Waals surface area (Å²) in [6.07, 6.45) is -1.64. The minimum absolute atomic E-state index is 0.000886. The average molecular weight is 330 g/mol. The summed E-state index contributed by atoms with van der Waals surface area (Å²) in [6.45, 7) is 1.35. The quantitative estimate of drug-likeness (QED) is 0.771. The third kappa shape index (κ3) is 2.62. The zero-order chi connectivity index (χ0) is 16.1. The number of benzene rings is 1. The molecule has 2 unspecified atom stereocenters. The molecule has 2 aliphatic rings. The summed E-state index contributed by atoms with van der Waals surface area (Å²) in [7, 11) is -0.868. The normalized spacial score (nSPS) is 31.3. The van der Waals surface area contributed by atoms with Gasteiger partial charge in [-0.2, -0.15) is 13.2 Å². The van der Waals surface area contributed by atoms with Crippen molar-refractivity contribution in [2.24, 2.45) is 5.92 Å². The number of hydrogen-bond acceptors (Lipinski definition) is 2. The van der Waals surface area contributed by atoms with Gasteiger partial charge < -0.3 is 0 Å². The lowest BCUT2D eigenvalue weighted by Crippen LogP contribution is -2.32. The van der Waals surface area contributed by atoms with Gasteiger partial charge in [-0.05, 0) is 44.2 Å². The van der Waals surface area contributed by atoms with Gasteiger partial charge in [-0.1, -0.05) is 12.1 Å². The number of Topliss-reactive ketones (excluding diaryl/α,β-unsaturated/α-hetero) is 1. The Morgan fingerprint density at radius 3 is 2.32 bits per heavy atom. The van der Waals surface area contributed by atoms with E-state index in [9.17, 15) is 22.2 Å². The minimum atomic E-state index is -4.45. The monoisotopic (exact) mass is 330 g/mol. The van der Waals surface area contributed by atoms with Crippen molar-refractivity contribution < 1.29 is 22.2 Å². The Kier molecular flexibility index (Phi) is 3.91. The molecule has 2 bridgehead atoms. The fourth-order valence-corrected chi connectivity index (χ4v) is 5.80. The molecule has 1 aromatic rings. The number of carbonyl (C=O) groups excluding carboxylic acids is 1. The number of alkyl halides is 3. The molecule has 2 heterocycles. The first-order chi connectivity index (χ1) is 10.3. The van der Waals surface area contributed by atoms with Crippen LogP contribution in [-0.2, 0) is 17.0 Å². The Balaban J connectivity index is 1.89. The molecule has 0 N–H and O–H groups in total. The summed E-state index contributed by atoms with van der Waals surface area (Å²) < 4.78 is 50.9. The number of hydrogen-bond donors (Lipinski definition) is 0. The molecule has 22 heavy (non-hydrogen) atoms. The zero-order valence-corrected chi connectivity index (χ0v) is 13.0. The summed E-state index contributed by atoms with van der Waals surface area (Å²) in [5, 5.41) is 0.0811. The van der Waals surface area contributed by atoms with E-state index in [1.54, 1.807) is 0 Å². The van der Waals surface area contributed by atoms with Crippen LogP contribution in [0.5, 0.6) is 0 Å². The van der Waals surface area contributed by atoms with Gasteiger partial charge in [-0.3, -0.25) is 9.00 Å². The average Bonchev–Trinajstić information content (AvgIpc) is 2.67. The van der Waals surface area contributed by atoms with Crippen LogP contribution in [0.25, 0.3) is 0 Å². The van der Waals surface area contributed by atoms with E-state index in [1.165, 1.54) is 19.1 Å². The van der Waals surface area contributed by atoms with Gasteiger partial charge in [0.2, 0.25) is 0 Å². The van der Waals surface area contributed by atoms with Crippen LogP contribution in [-0.4, -0.2) is 20.5 Å². The van der Waals surface area contributed by atoms with E-state index >= 15 is 0 Å². The highest BCUT2D eigenvalue weighted by molar-refractivity contribution is 7.86. The molecule has 0 amide bonds. The van der Waals surface area contributed by atoms with E-state index in [0.717, 1.165) is 18.9 Å². The van der Waals surface area contributed by atoms with Gasteiger partial charge in [-0.25, -0.2) is 0 Å². The molecule has 2 nitrogen and oxygen atoms in total. The maximum atomic E-state index is 13.0. The van der Waals surface area contributed by atoms with Gasteiger partial charge in [0.15, 0.2) is 5.78 Å². The summed E-state index contributed by atoms with van der Waals surface area (Å²) in [5.41, 5.74) is -0.591. The van der Waals surface area contributed by atoms with Crippen LogP contribution in [0.1, 0.15) is 47.2 Å². The van der Waals surface area contributed by atoms with Crippen LogP contribution in [0, 0.1) is 12.8 Å². The second kappa shape index (κ2) is 5.48. The standard InChI is InChI=1S/C16H17F3O2S/c1-9-13(3-2-4-14(9)16(17,18)19)15(20)10-7-11-5-6-12(8-10)22(11)21/h2-4,10-12H,5-8H2,1H3. The van der Waals surface area contributed by atoms with Crippen LogP contribution in [0.15, 0.2) is 18.2 Å². The second-order valence-corrected chi connectivity index (χ2v) is 8.15. The summed E-state index contributed by atoms with van der Waals surface area (Å²) >= 11 is 0. The van der Waals surface area contributed by atoms with E-state index in [1.807, 2.05) is 0 Å². The third-order valence-electron chi connectivity index (χ3n) is 4.84. The lowest BCUT2D eigenvalue weighted by atomic mass is 9.87. The van der Waals surface area contributed by atoms with Crippen molar-refractivity contribution in [3.63, 3.8) is 0 Å². The first kappa shape index (κ1) is 15.7. The van der Waals surface area contributed by atoms with E-state index in [-0.39, 0.29) is 33.3 Å². The zero-order valence-electron chi connectivity index (χ0n) is 12.2. The largest absolute Gasteiger partial charge is 0.416 e. The number of halogens is 3. The number of fused-ring (bicyclic) bond motifs is 2. The van der Waals surface area contributed by atoms with E-state index < -0.39 is 22.5 Å². The van der Waals surface area contributed by atoms with Gasteiger partial charge in [0.05, 0.1) is 5.56 Å². The van der Waals surface area contributed by atoms with Crippen LogP contribution >= 0.6 is 0 Å². The Bertz CT molecular complexity index is 623. The van der Waals surface area contributed by atoms with E-state index in [4.69, 9.17) is 0 Å². The molecule has 3 rings (SSSR count). The summed E-state index contributed by atoms with van der Waals surface area (Å²) in [6, 6.07) is 3.77. The van der Waals surface area contributed by atoms with Gasteiger partial charge in [0.1, 0.15) is 0 Å². The molecule has 0 aliphatic carbocycles. The number of ketones is 1. The van der Waals surface area contributed by atoms with Crippen molar-refractivity contribution in [2.75, 3.05) is 0 Å². The highest BCUT2D eigenvalue weighted by atomic mass is 32.2. The van der Waals surface area contributed by atoms with Crippen LogP contribution in [0.4, 0.5) is 13.2 Å². The highest BCUT2D eigenvalue weighted by Crippen LogP contribution is 2.41. The predicted octanol–water partition coefficient (Wildman–Crippen LogP) is 3.89. The number of rotatable bonds is 2. The SMILES string of the molecule is Cc1c(C(=O)C2CC3CCC(C2)S3=O)cccc1C(F)(F)F. The fourth-order valence-electron chi connectivity index (χ4n) is 3.68. The molecule has 2 atom stereocenters. The first-order valence-electron chi connectivity index (χ1n) is 7.39. The predicted molar refractivity (Wildman–Crippen MR) is 78.2 cm³/mol. The maximum Gasteiger partial charge on any atom is 0.416 e. The Morgan fingerprint density at radius 2 is 1.77 bits per heavy atom. The number of carbonyl (C=O) groups is 1. The lowest BCUT2D eigenvalue weighted by Gasteiger charge is -2.27. The van der Waals surface area contributed by atoms with Crippen LogP contribution < -0.4 is 0 Å². The molecule has 6 heteroatoms. The van der Waals surface area contributed by atoms with E-state index in [0.29, 0.717) is 12.8 Å². The van der Waals surface area contributed by atoms with Gasteiger partial charge in [0.25, 0.3) is 0 Å². The van der Waals surface area contributed by atoms with Crippen molar-refractivity contribution in [1.29, 1.82) is 0 Å². The molecular formula is C16H17F3O2S. The van der Waals surface area contributed by atoms with Crippen molar-refractivity contribution >= 4 is 16.6 Å². The summed E-state index contributed by atoms with van der Waals surface area (Å²) in [5.74, 6) is -0.519.